The van der Waals surface area contributed by atoms with Crippen molar-refractivity contribution in [1.82, 2.24) is 4.90 Å². The Bertz CT molecular complexity index is 694. The zero-order chi connectivity index (χ0) is 17.6. The van der Waals surface area contributed by atoms with E-state index < -0.39 is 0 Å². The molecule has 0 radical (unpaired) electrons. The van der Waals surface area contributed by atoms with Crippen LogP contribution in [0.5, 0.6) is 11.5 Å². The van der Waals surface area contributed by atoms with Crippen molar-refractivity contribution in [2.24, 2.45) is 0 Å². The fraction of sp³-hybridized carbons (Fsp3) is 0.429. The van der Waals surface area contributed by atoms with Crippen LogP contribution in [0.15, 0.2) is 48.5 Å². The predicted octanol–water partition coefficient (Wildman–Crippen LogP) is 4.13. The molecule has 4 nitrogen and oxygen atoms in total. The number of halogens is 1. The van der Waals surface area contributed by atoms with E-state index >= 15 is 0 Å². The second-order valence-corrected chi connectivity index (χ2v) is 6.46. The molecular weight excluding hydrogens is 350 g/mol. The summed E-state index contributed by atoms with van der Waals surface area (Å²) in [5.74, 6) is 2.26. The second kappa shape index (κ2) is 9.81. The first-order valence-electron chi connectivity index (χ1n) is 8.76. The van der Waals surface area contributed by atoms with Crippen LogP contribution in [0.25, 0.3) is 0 Å². The van der Waals surface area contributed by atoms with Crippen molar-refractivity contribution in [2.75, 3.05) is 34.4 Å². The van der Waals surface area contributed by atoms with Crippen LogP contribution in [-0.2, 0) is 11.3 Å². The van der Waals surface area contributed by atoms with Crippen LogP contribution in [0.3, 0.4) is 0 Å². The molecule has 0 aliphatic carbocycles. The van der Waals surface area contributed by atoms with E-state index in [-0.39, 0.29) is 18.5 Å². The highest BCUT2D eigenvalue weighted by Gasteiger charge is 2.32. The maximum atomic E-state index is 5.85. The molecule has 2 unspecified atom stereocenters. The monoisotopic (exact) mass is 377 g/mol. The molecule has 0 spiro atoms. The minimum absolute atomic E-state index is 0. The second-order valence-electron chi connectivity index (χ2n) is 6.46. The SMILES string of the molecule is COc1ccccc1CN1CCC(c2ccccc2OC)C(OC)C1.Cl. The fourth-order valence-corrected chi connectivity index (χ4v) is 3.77. The van der Waals surface area contributed by atoms with E-state index in [0.29, 0.717) is 5.92 Å². The molecule has 5 heteroatoms. The first-order valence-corrected chi connectivity index (χ1v) is 8.76. The third-order valence-electron chi connectivity index (χ3n) is 5.07. The van der Waals surface area contributed by atoms with E-state index in [0.717, 1.165) is 37.6 Å². The number of ether oxygens (including phenoxy) is 3. The molecule has 1 aliphatic rings. The Morgan fingerprint density at radius 1 is 0.923 bits per heavy atom. The van der Waals surface area contributed by atoms with Gasteiger partial charge in [-0.05, 0) is 30.7 Å². The van der Waals surface area contributed by atoms with E-state index in [4.69, 9.17) is 14.2 Å². The van der Waals surface area contributed by atoms with Crippen molar-refractivity contribution in [1.29, 1.82) is 0 Å². The number of likely N-dealkylation sites (tertiary alicyclic amines) is 1. The third-order valence-corrected chi connectivity index (χ3v) is 5.07. The van der Waals surface area contributed by atoms with Crippen LogP contribution >= 0.6 is 12.4 Å². The molecule has 142 valence electrons. The molecule has 2 aromatic rings. The molecule has 3 rings (SSSR count). The van der Waals surface area contributed by atoms with Crippen molar-refractivity contribution >= 4 is 12.4 Å². The van der Waals surface area contributed by atoms with Crippen molar-refractivity contribution in [2.45, 2.75) is 25.0 Å². The Morgan fingerprint density at radius 2 is 1.58 bits per heavy atom. The molecule has 1 heterocycles. The number of methoxy groups -OCH3 is 3. The van der Waals surface area contributed by atoms with Crippen molar-refractivity contribution < 1.29 is 14.2 Å². The average molecular weight is 378 g/mol. The van der Waals surface area contributed by atoms with Gasteiger partial charge in [0, 0.05) is 31.7 Å². The van der Waals surface area contributed by atoms with Gasteiger partial charge in [-0.15, -0.1) is 12.4 Å². The van der Waals surface area contributed by atoms with Crippen LogP contribution in [0, 0.1) is 0 Å². The molecule has 0 aromatic heterocycles. The van der Waals surface area contributed by atoms with Crippen LogP contribution in [0.2, 0.25) is 0 Å². The van der Waals surface area contributed by atoms with E-state index in [1.54, 1.807) is 21.3 Å². The number of para-hydroxylation sites is 2. The smallest absolute Gasteiger partial charge is 0.123 e. The van der Waals surface area contributed by atoms with Crippen molar-refractivity contribution in [3.63, 3.8) is 0 Å². The number of hydrogen-bond donors (Lipinski definition) is 0. The van der Waals surface area contributed by atoms with Crippen LogP contribution in [0.4, 0.5) is 0 Å². The Kier molecular flexibility index (Phi) is 7.76. The van der Waals surface area contributed by atoms with Crippen LogP contribution < -0.4 is 9.47 Å². The molecule has 26 heavy (non-hydrogen) atoms. The van der Waals surface area contributed by atoms with Gasteiger partial charge in [0.05, 0.1) is 20.3 Å². The third kappa shape index (κ3) is 4.50. The molecule has 1 fully saturated rings. The minimum atomic E-state index is 0. The Labute approximate surface area is 162 Å². The zero-order valence-electron chi connectivity index (χ0n) is 15.7. The molecule has 0 saturated carbocycles. The van der Waals surface area contributed by atoms with Gasteiger partial charge in [-0.3, -0.25) is 4.90 Å². The van der Waals surface area contributed by atoms with Gasteiger partial charge in [0.25, 0.3) is 0 Å². The molecule has 2 aromatic carbocycles. The van der Waals surface area contributed by atoms with Gasteiger partial charge in [0.2, 0.25) is 0 Å². The summed E-state index contributed by atoms with van der Waals surface area (Å²) in [6.45, 7) is 2.81. The normalized spacial score (nSPS) is 20.3. The first kappa shape index (κ1) is 20.6. The highest BCUT2D eigenvalue weighted by atomic mass is 35.5. The summed E-state index contributed by atoms with van der Waals surface area (Å²) in [6.07, 6.45) is 1.20. The van der Waals surface area contributed by atoms with Crippen molar-refractivity contribution in [3.05, 3.63) is 59.7 Å². The van der Waals surface area contributed by atoms with E-state index in [1.807, 2.05) is 24.3 Å². The standard InChI is InChI=1S/C21H27NO3.ClH/c1-23-19-10-6-4-8-16(19)14-22-13-12-18(21(15-22)25-3)17-9-5-7-11-20(17)24-2;/h4-11,18,21H,12-15H2,1-3H3;1H. The number of benzene rings is 2. The molecule has 1 aliphatic heterocycles. The molecule has 2 atom stereocenters. The number of hydrogen-bond acceptors (Lipinski definition) is 4. The molecule has 0 bridgehead atoms. The van der Waals surface area contributed by atoms with Gasteiger partial charge in [0.15, 0.2) is 0 Å². The summed E-state index contributed by atoms with van der Waals surface area (Å²) < 4.78 is 16.9. The lowest BCUT2D eigenvalue weighted by Gasteiger charge is -2.38. The van der Waals surface area contributed by atoms with Gasteiger partial charge < -0.3 is 14.2 Å². The van der Waals surface area contributed by atoms with E-state index in [1.165, 1.54) is 11.1 Å². The van der Waals surface area contributed by atoms with Crippen LogP contribution in [0.1, 0.15) is 23.5 Å². The largest absolute Gasteiger partial charge is 0.496 e. The Balaban J connectivity index is 0.00000243. The topological polar surface area (TPSA) is 30.9 Å². The summed E-state index contributed by atoms with van der Waals surface area (Å²) in [6, 6.07) is 16.5. The Hall–Kier alpha value is -1.75. The maximum Gasteiger partial charge on any atom is 0.123 e. The lowest BCUT2D eigenvalue weighted by molar-refractivity contribution is 0.0110. The highest BCUT2D eigenvalue weighted by molar-refractivity contribution is 5.85. The van der Waals surface area contributed by atoms with Gasteiger partial charge in [0.1, 0.15) is 11.5 Å². The fourth-order valence-electron chi connectivity index (χ4n) is 3.77. The summed E-state index contributed by atoms with van der Waals surface area (Å²) in [4.78, 5) is 2.44. The Morgan fingerprint density at radius 3 is 2.27 bits per heavy atom. The van der Waals surface area contributed by atoms with Crippen LogP contribution in [-0.4, -0.2) is 45.4 Å². The minimum Gasteiger partial charge on any atom is -0.496 e. The maximum absolute atomic E-state index is 5.85. The quantitative estimate of drug-likeness (QED) is 0.757. The zero-order valence-corrected chi connectivity index (χ0v) is 16.5. The lowest BCUT2D eigenvalue weighted by atomic mass is 9.86. The molecule has 1 saturated heterocycles. The number of piperidine rings is 1. The lowest BCUT2D eigenvalue weighted by Crippen LogP contribution is -2.43. The predicted molar refractivity (Wildman–Crippen MR) is 107 cm³/mol. The van der Waals surface area contributed by atoms with Gasteiger partial charge in [-0.25, -0.2) is 0 Å². The summed E-state index contributed by atoms with van der Waals surface area (Å²) in [7, 11) is 5.27. The summed E-state index contributed by atoms with van der Waals surface area (Å²) in [5.41, 5.74) is 2.46. The molecule has 0 N–H and O–H groups in total. The van der Waals surface area contributed by atoms with Gasteiger partial charge >= 0.3 is 0 Å². The van der Waals surface area contributed by atoms with Crippen molar-refractivity contribution in [3.8, 4) is 11.5 Å². The summed E-state index contributed by atoms with van der Waals surface area (Å²) in [5, 5.41) is 0. The van der Waals surface area contributed by atoms with Gasteiger partial charge in [-0.1, -0.05) is 36.4 Å². The average Bonchev–Trinajstić information content (AvgIpc) is 2.68. The highest BCUT2D eigenvalue weighted by Crippen LogP contribution is 2.36. The van der Waals surface area contributed by atoms with E-state index in [9.17, 15) is 0 Å². The van der Waals surface area contributed by atoms with E-state index in [2.05, 4.69) is 29.2 Å². The summed E-state index contributed by atoms with van der Waals surface area (Å²) >= 11 is 0. The number of rotatable bonds is 6. The van der Waals surface area contributed by atoms with Gasteiger partial charge in [-0.2, -0.15) is 0 Å². The number of nitrogens with zero attached hydrogens (tertiary/aromatic N) is 1. The first-order chi connectivity index (χ1) is 12.3. The molecule has 0 amide bonds. The molecular formula is C21H28ClNO3.